The molecule has 2 aromatic heterocycles. The van der Waals surface area contributed by atoms with Crippen LogP contribution in [0.2, 0.25) is 0 Å². The maximum absolute atomic E-state index is 5.46. The van der Waals surface area contributed by atoms with E-state index in [1.54, 1.807) is 17.5 Å². The van der Waals surface area contributed by atoms with E-state index in [9.17, 15) is 0 Å². The highest BCUT2D eigenvalue weighted by Crippen LogP contribution is 2.39. The van der Waals surface area contributed by atoms with Crippen LogP contribution in [0.25, 0.3) is 0 Å². The van der Waals surface area contributed by atoms with Crippen molar-refractivity contribution in [1.29, 1.82) is 0 Å². The van der Waals surface area contributed by atoms with Gasteiger partial charge in [0.15, 0.2) is 0 Å². The summed E-state index contributed by atoms with van der Waals surface area (Å²) in [5.41, 5.74) is 2.59. The van der Waals surface area contributed by atoms with Gasteiger partial charge < -0.3 is 10.7 Å². The Balaban J connectivity index is 1.81. The molecule has 0 spiro atoms. The van der Waals surface area contributed by atoms with Crippen LogP contribution in [0.4, 0.5) is 11.6 Å². The van der Waals surface area contributed by atoms with Crippen LogP contribution >= 0.6 is 11.3 Å². The quantitative estimate of drug-likeness (QED) is 0.573. The molecule has 0 bridgehead atoms. The van der Waals surface area contributed by atoms with E-state index in [1.807, 2.05) is 11.4 Å². The lowest BCUT2D eigenvalue weighted by Crippen LogP contribution is -2.13. The average molecular weight is 276 g/mol. The van der Waals surface area contributed by atoms with E-state index in [4.69, 9.17) is 5.84 Å². The zero-order valence-electron chi connectivity index (χ0n) is 10.6. The smallest absolute Gasteiger partial charge is 0.145 e. The van der Waals surface area contributed by atoms with Gasteiger partial charge in [-0.3, -0.25) is 0 Å². The molecule has 0 aromatic carbocycles. The molecule has 100 valence electrons. The van der Waals surface area contributed by atoms with Gasteiger partial charge in [-0.2, -0.15) is 0 Å². The number of hydrogen-bond acceptors (Lipinski definition) is 7. The van der Waals surface area contributed by atoms with Gasteiger partial charge in [-0.1, -0.05) is 0 Å². The van der Waals surface area contributed by atoms with Crippen molar-refractivity contribution in [3.8, 4) is 0 Å². The zero-order valence-corrected chi connectivity index (χ0v) is 11.4. The number of aromatic nitrogens is 3. The standard InChI is InChI=1S/C12H16N6S/c1-7(12-14-4-5-19-12)15-9-6-10(18-13)17-11(16-9)8-2-3-8/h4-8H,2-3,13H2,1H3,(H2,15,16,17,18). The summed E-state index contributed by atoms with van der Waals surface area (Å²) in [4.78, 5) is 13.2. The van der Waals surface area contributed by atoms with Gasteiger partial charge in [0.2, 0.25) is 0 Å². The summed E-state index contributed by atoms with van der Waals surface area (Å²) in [5.74, 6) is 8.24. The fourth-order valence-corrected chi connectivity index (χ4v) is 2.52. The van der Waals surface area contributed by atoms with Gasteiger partial charge >= 0.3 is 0 Å². The van der Waals surface area contributed by atoms with Gasteiger partial charge in [-0.25, -0.2) is 20.8 Å². The van der Waals surface area contributed by atoms with Gasteiger partial charge in [0.1, 0.15) is 22.5 Å². The highest BCUT2D eigenvalue weighted by Gasteiger charge is 2.27. The van der Waals surface area contributed by atoms with E-state index in [1.165, 1.54) is 0 Å². The minimum Gasteiger partial charge on any atom is -0.361 e. The van der Waals surface area contributed by atoms with Crippen LogP contribution in [0.5, 0.6) is 0 Å². The molecule has 1 saturated carbocycles. The molecule has 3 rings (SSSR count). The number of nitrogens with two attached hydrogens (primary N) is 1. The van der Waals surface area contributed by atoms with Crippen molar-refractivity contribution in [2.24, 2.45) is 5.84 Å². The minimum atomic E-state index is 0.118. The number of hydrogen-bond donors (Lipinski definition) is 3. The summed E-state index contributed by atoms with van der Waals surface area (Å²) in [5, 5.41) is 6.35. The summed E-state index contributed by atoms with van der Waals surface area (Å²) in [6, 6.07) is 1.93. The zero-order chi connectivity index (χ0) is 13.2. The fourth-order valence-electron chi connectivity index (χ4n) is 1.87. The second-order valence-corrected chi connectivity index (χ2v) is 5.58. The van der Waals surface area contributed by atoms with Crippen LogP contribution in [-0.2, 0) is 0 Å². The maximum Gasteiger partial charge on any atom is 0.145 e. The Morgan fingerprint density at radius 2 is 2.16 bits per heavy atom. The first-order chi connectivity index (χ1) is 9.26. The van der Waals surface area contributed by atoms with Crippen molar-refractivity contribution in [3.63, 3.8) is 0 Å². The molecule has 1 unspecified atom stereocenters. The third-order valence-electron chi connectivity index (χ3n) is 3.02. The van der Waals surface area contributed by atoms with Crippen molar-refractivity contribution in [2.45, 2.75) is 31.7 Å². The number of nitrogens with one attached hydrogen (secondary N) is 2. The monoisotopic (exact) mass is 276 g/mol. The van der Waals surface area contributed by atoms with Gasteiger partial charge in [0.05, 0.1) is 6.04 Å². The normalized spacial score (nSPS) is 16.1. The third-order valence-corrected chi connectivity index (χ3v) is 3.98. The lowest BCUT2D eigenvalue weighted by molar-refractivity contribution is 0.844. The van der Waals surface area contributed by atoms with E-state index >= 15 is 0 Å². The van der Waals surface area contributed by atoms with Crippen LogP contribution in [0, 0.1) is 0 Å². The minimum absolute atomic E-state index is 0.118. The van der Waals surface area contributed by atoms with E-state index in [-0.39, 0.29) is 6.04 Å². The first-order valence-electron chi connectivity index (χ1n) is 6.28. The molecule has 2 heterocycles. The summed E-state index contributed by atoms with van der Waals surface area (Å²) in [6.45, 7) is 2.06. The van der Waals surface area contributed by atoms with Gasteiger partial charge in [-0.15, -0.1) is 11.3 Å². The average Bonchev–Trinajstić information content (AvgIpc) is 3.13. The molecule has 19 heavy (non-hydrogen) atoms. The fraction of sp³-hybridized carbons (Fsp3) is 0.417. The highest BCUT2D eigenvalue weighted by atomic mass is 32.1. The molecule has 1 aliphatic rings. The molecule has 0 saturated heterocycles. The molecular formula is C12H16N6S. The molecule has 7 heteroatoms. The number of anilines is 2. The van der Waals surface area contributed by atoms with Crippen molar-refractivity contribution < 1.29 is 0 Å². The highest BCUT2D eigenvalue weighted by molar-refractivity contribution is 7.09. The van der Waals surface area contributed by atoms with E-state index in [0.717, 1.165) is 29.5 Å². The van der Waals surface area contributed by atoms with Crippen LogP contribution in [0.1, 0.15) is 42.6 Å². The SMILES string of the molecule is CC(Nc1cc(NN)nc(C2CC2)n1)c1nccs1. The molecular weight excluding hydrogens is 260 g/mol. The van der Waals surface area contributed by atoms with Crippen molar-refractivity contribution in [2.75, 3.05) is 10.7 Å². The molecule has 6 nitrogen and oxygen atoms in total. The number of nitrogens with zero attached hydrogens (tertiary/aromatic N) is 3. The van der Waals surface area contributed by atoms with Crippen LogP contribution in [-0.4, -0.2) is 15.0 Å². The van der Waals surface area contributed by atoms with E-state index in [2.05, 4.69) is 32.6 Å². The first kappa shape index (κ1) is 12.3. The molecule has 1 fully saturated rings. The number of nitrogen functional groups attached to an aromatic ring is 1. The first-order valence-corrected chi connectivity index (χ1v) is 7.15. The van der Waals surface area contributed by atoms with Crippen molar-refractivity contribution >= 4 is 23.0 Å². The topological polar surface area (TPSA) is 88.8 Å². The molecule has 1 atom stereocenters. The van der Waals surface area contributed by atoms with E-state index < -0.39 is 0 Å². The predicted octanol–water partition coefficient (Wildman–Crippen LogP) is 2.27. The lowest BCUT2D eigenvalue weighted by Gasteiger charge is -2.13. The Morgan fingerprint density at radius 1 is 1.37 bits per heavy atom. The molecule has 4 N–H and O–H groups in total. The van der Waals surface area contributed by atoms with Crippen LogP contribution < -0.4 is 16.6 Å². The molecule has 0 amide bonds. The van der Waals surface area contributed by atoms with E-state index in [0.29, 0.717) is 11.7 Å². The van der Waals surface area contributed by atoms with Crippen molar-refractivity contribution in [1.82, 2.24) is 15.0 Å². The molecule has 0 radical (unpaired) electrons. The molecule has 2 aromatic rings. The Labute approximate surface area is 115 Å². The van der Waals surface area contributed by atoms with Crippen LogP contribution in [0.15, 0.2) is 17.6 Å². The second-order valence-electron chi connectivity index (χ2n) is 4.65. The third kappa shape index (κ3) is 2.82. The Kier molecular flexibility index (Phi) is 3.31. The Morgan fingerprint density at radius 3 is 2.79 bits per heavy atom. The van der Waals surface area contributed by atoms with Gasteiger partial charge in [0.25, 0.3) is 0 Å². The van der Waals surface area contributed by atoms with Crippen LogP contribution in [0.3, 0.4) is 0 Å². The molecule has 0 aliphatic heterocycles. The summed E-state index contributed by atoms with van der Waals surface area (Å²) in [6.07, 6.45) is 4.13. The van der Waals surface area contributed by atoms with Gasteiger partial charge in [0, 0.05) is 23.6 Å². The predicted molar refractivity (Wildman–Crippen MR) is 76.0 cm³/mol. The summed E-state index contributed by atoms with van der Waals surface area (Å²) >= 11 is 1.63. The van der Waals surface area contributed by atoms with Crippen molar-refractivity contribution in [3.05, 3.63) is 28.5 Å². The largest absolute Gasteiger partial charge is 0.361 e. The number of hydrazine groups is 1. The Hall–Kier alpha value is -1.73. The molecule has 1 aliphatic carbocycles. The lowest BCUT2D eigenvalue weighted by atomic mass is 10.3. The number of thiazole rings is 1. The number of rotatable bonds is 5. The summed E-state index contributed by atoms with van der Waals surface area (Å²) in [7, 11) is 0. The maximum atomic E-state index is 5.46. The second kappa shape index (κ2) is 5.10. The van der Waals surface area contributed by atoms with Gasteiger partial charge in [-0.05, 0) is 19.8 Å². The summed E-state index contributed by atoms with van der Waals surface area (Å²) < 4.78 is 0. The Bertz CT molecular complexity index is 551.